The quantitative estimate of drug-likeness (QED) is 0.593. The van der Waals surface area contributed by atoms with Crippen LogP contribution in [0.2, 0.25) is 0 Å². The molecule has 2 aromatic rings. The molecule has 1 aromatic heterocycles. The monoisotopic (exact) mass is 274 g/mol. The van der Waals surface area contributed by atoms with E-state index < -0.39 is 11.7 Å². The zero-order chi connectivity index (χ0) is 14.7. The molecule has 4 N–H and O–H groups in total. The molecular weight excluding hydrogens is 259 g/mol. The summed E-state index contributed by atoms with van der Waals surface area (Å²) in [5.74, 6) is 3.64. The second-order valence-corrected chi connectivity index (χ2v) is 4.37. The van der Waals surface area contributed by atoms with Gasteiger partial charge in [-0.3, -0.25) is 4.79 Å². The van der Waals surface area contributed by atoms with E-state index in [4.69, 9.17) is 5.84 Å². The number of carbonyl (C=O) groups excluding carboxylic acids is 1. The number of amides is 1. The highest BCUT2D eigenvalue weighted by atomic mass is 19.1. The fourth-order valence-electron chi connectivity index (χ4n) is 1.80. The lowest BCUT2D eigenvalue weighted by Crippen LogP contribution is -2.18. The average molecular weight is 274 g/mol. The van der Waals surface area contributed by atoms with Crippen molar-refractivity contribution >= 4 is 17.4 Å². The van der Waals surface area contributed by atoms with Gasteiger partial charge in [0.15, 0.2) is 11.6 Å². The third-order valence-corrected chi connectivity index (χ3v) is 3.12. The minimum absolute atomic E-state index is 0.117. The maximum absolute atomic E-state index is 13.9. The minimum Gasteiger partial charge on any atom is -0.322 e. The van der Waals surface area contributed by atoms with Crippen molar-refractivity contribution in [2.45, 2.75) is 13.8 Å². The van der Waals surface area contributed by atoms with Crippen molar-refractivity contribution in [2.24, 2.45) is 5.84 Å². The van der Waals surface area contributed by atoms with Crippen LogP contribution >= 0.6 is 0 Å². The number of halogens is 1. The molecule has 1 amide bonds. The fourth-order valence-corrected chi connectivity index (χ4v) is 1.80. The van der Waals surface area contributed by atoms with Crippen molar-refractivity contribution in [1.82, 2.24) is 4.98 Å². The van der Waals surface area contributed by atoms with Gasteiger partial charge in [-0.2, -0.15) is 0 Å². The summed E-state index contributed by atoms with van der Waals surface area (Å²) in [5.41, 5.74) is 4.62. The lowest BCUT2D eigenvalue weighted by molar-refractivity contribution is 0.102. The van der Waals surface area contributed by atoms with Gasteiger partial charge >= 0.3 is 0 Å². The first-order chi connectivity index (χ1) is 9.54. The average Bonchev–Trinajstić information content (AvgIpc) is 2.44. The standard InChI is InChI=1S/C14H15FN4O/c1-8-4-3-5-11(9(8)2)18-14(20)10-6-7-17-13(19-16)12(10)15/h3-7H,16H2,1-2H3,(H,17,19)(H,18,20). The van der Waals surface area contributed by atoms with Crippen LogP contribution in [0.5, 0.6) is 0 Å². The number of pyridine rings is 1. The molecule has 0 saturated heterocycles. The first-order valence-electron chi connectivity index (χ1n) is 6.03. The third kappa shape index (κ3) is 2.60. The van der Waals surface area contributed by atoms with Crippen molar-refractivity contribution in [3.63, 3.8) is 0 Å². The second-order valence-electron chi connectivity index (χ2n) is 4.37. The van der Waals surface area contributed by atoms with Gasteiger partial charge in [-0.1, -0.05) is 12.1 Å². The van der Waals surface area contributed by atoms with E-state index in [0.29, 0.717) is 5.69 Å². The number of nitrogens with one attached hydrogen (secondary N) is 2. The summed E-state index contributed by atoms with van der Waals surface area (Å²) in [5, 5.41) is 2.68. The van der Waals surface area contributed by atoms with Crippen LogP contribution in [0.15, 0.2) is 30.5 Å². The van der Waals surface area contributed by atoms with Gasteiger partial charge in [-0.05, 0) is 37.1 Å². The molecule has 0 aliphatic rings. The summed E-state index contributed by atoms with van der Waals surface area (Å²) >= 11 is 0. The summed E-state index contributed by atoms with van der Waals surface area (Å²) in [6, 6.07) is 6.83. The van der Waals surface area contributed by atoms with Gasteiger partial charge in [0.05, 0.1) is 5.56 Å². The largest absolute Gasteiger partial charge is 0.322 e. The van der Waals surface area contributed by atoms with Gasteiger partial charge < -0.3 is 10.7 Å². The number of nitrogen functional groups attached to an aromatic ring is 1. The predicted molar refractivity (Wildman–Crippen MR) is 75.9 cm³/mol. The fraction of sp³-hybridized carbons (Fsp3) is 0.143. The second kappa shape index (κ2) is 5.66. The number of aromatic nitrogens is 1. The molecule has 5 nitrogen and oxygen atoms in total. The Morgan fingerprint density at radius 1 is 1.30 bits per heavy atom. The molecule has 2 rings (SSSR count). The number of hydrazine groups is 1. The molecule has 20 heavy (non-hydrogen) atoms. The normalized spacial score (nSPS) is 10.2. The summed E-state index contributed by atoms with van der Waals surface area (Å²) in [6.07, 6.45) is 1.32. The first kappa shape index (κ1) is 14.0. The lowest BCUT2D eigenvalue weighted by atomic mass is 10.1. The highest BCUT2D eigenvalue weighted by Gasteiger charge is 2.16. The van der Waals surface area contributed by atoms with Crippen molar-refractivity contribution < 1.29 is 9.18 Å². The molecule has 1 aromatic carbocycles. The Morgan fingerprint density at radius 3 is 2.75 bits per heavy atom. The molecule has 0 unspecified atom stereocenters. The molecule has 104 valence electrons. The summed E-state index contributed by atoms with van der Waals surface area (Å²) in [6.45, 7) is 3.83. The Morgan fingerprint density at radius 2 is 2.05 bits per heavy atom. The maximum Gasteiger partial charge on any atom is 0.258 e. The van der Waals surface area contributed by atoms with E-state index in [1.165, 1.54) is 12.3 Å². The van der Waals surface area contributed by atoms with Crippen molar-refractivity contribution in [3.8, 4) is 0 Å². The molecule has 0 aliphatic carbocycles. The van der Waals surface area contributed by atoms with Gasteiger partial charge in [0, 0.05) is 11.9 Å². The van der Waals surface area contributed by atoms with Crippen molar-refractivity contribution in [2.75, 3.05) is 10.7 Å². The van der Waals surface area contributed by atoms with E-state index in [2.05, 4.69) is 15.7 Å². The number of rotatable bonds is 3. The molecule has 0 bridgehead atoms. The highest BCUT2D eigenvalue weighted by molar-refractivity contribution is 6.05. The number of nitrogens with two attached hydrogens (primary N) is 1. The molecule has 0 aliphatic heterocycles. The molecule has 1 heterocycles. The van der Waals surface area contributed by atoms with Gasteiger partial charge in [-0.15, -0.1) is 0 Å². The van der Waals surface area contributed by atoms with Crippen LogP contribution < -0.4 is 16.6 Å². The molecule has 0 spiro atoms. The Kier molecular flexibility index (Phi) is 3.95. The van der Waals surface area contributed by atoms with Crippen molar-refractivity contribution in [3.05, 3.63) is 53.0 Å². The number of aryl methyl sites for hydroxylation is 1. The molecule has 0 fully saturated rings. The van der Waals surface area contributed by atoms with Gasteiger partial charge in [0.1, 0.15) is 0 Å². The van der Waals surface area contributed by atoms with E-state index in [0.717, 1.165) is 11.1 Å². The van der Waals surface area contributed by atoms with E-state index >= 15 is 0 Å². The predicted octanol–water partition coefficient (Wildman–Crippen LogP) is 2.38. The van der Waals surface area contributed by atoms with Gasteiger partial charge in [-0.25, -0.2) is 15.2 Å². The number of hydrogen-bond donors (Lipinski definition) is 3. The first-order valence-corrected chi connectivity index (χ1v) is 6.03. The summed E-state index contributed by atoms with van der Waals surface area (Å²) < 4.78 is 13.9. The van der Waals surface area contributed by atoms with Crippen LogP contribution in [0.25, 0.3) is 0 Å². The Labute approximate surface area is 116 Å². The topological polar surface area (TPSA) is 80.0 Å². The zero-order valence-electron chi connectivity index (χ0n) is 11.2. The van der Waals surface area contributed by atoms with E-state index in [1.807, 2.05) is 26.0 Å². The molecule has 6 heteroatoms. The van der Waals surface area contributed by atoms with Crippen LogP contribution in [0.4, 0.5) is 15.9 Å². The Hall–Kier alpha value is -2.47. The minimum atomic E-state index is -0.780. The number of nitrogens with zero attached hydrogens (tertiary/aromatic N) is 1. The van der Waals surface area contributed by atoms with Gasteiger partial charge in [0.25, 0.3) is 5.91 Å². The summed E-state index contributed by atoms with van der Waals surface area (Å²) in [7, 11) is 0. The third-order valence-electron chi connectivity index (χ3n) is 3.12. The number of benzene rings is 1. The maximum atomic E-state index is 13.9. The highest BCUT2D eigenvalue weighted by Crippen LogP contribution is 2.20. The van der Waals surface area contributed by atoms with E-state index in [1.54, 1.807) is 6.07 Å². The van der Waals surface area contributed by atoms with Crippen LogP contribution in [0, 0.1) is 19.7 Å². The van der Waals surface area contributed by atoms with Crippen LogP contribution in [-0.4, -0.2) is 10.9 Å². The summed E-state index contributed by atoms with van der Waals surface area (Å²) in [4.78, 5) is 15.8. The van der Waals surface area contributed by atoms with Crippen LogP contribution in [0.3, 0.4) is 0 Å². The Balaban J connectivity index is 2.31. The van der Waals surface area contributed by atoms with Crippen molar-refractivity contribution in [1.29, 1.82) is 0 Å². The molecule has 0 saturated carbocycles. The molecular formula is C14H15FN4O. The Bertz CT molecular complexity index is 658. The smallest absolute Gasteiger partial charge is 0.258 e. The number of carbonyl (C=O) groups is 1. The van der Waals surface area contributed by atoms with Gasteiger partial charge in [0.2, 0.25) is 0 Å². The SMILES string of the molecule is Cc1cccc(NC(=O)c2ccnc(NN)c2F)c1C. The lowest BCUT2D eigenvalue weighted by Gasteiger charge is -2.11. The van der Waals surface area contributed by atoms with Crippen LogP contribution in [0.1, 0.15) is 21.5 Å². The zero-order valence-corrected chi connectivity index (χ0v) is 11.2. The van der Waals surface area contributed by atoms with E-state index in [9.17, 15) is 9.18 Å². The van der Waals surface area contributed by atoms with E-state index in [-0.39, 0.29) is 11.4 Å². The molecule has 0 atom stereocenters. The number of anilines is 2. The molecule has 0 radical (unpaired) electrons. The van der Waals surface area contributed by atoms with Crippen LogP contribution in [-0.2, 0) is 0 Å². The number of hydrogen-bond acceptors (Lipinski definition) is 4.